The van der Waals surface area contributed by atoms with E-state index in [1.165, 1.54) is 22.7 Å². The minimum Gasteiger partial charge on any atom is -0.354 e. The van der Waals surface area contributed by atoms with Crippen molar-refractivity contribution >= 4 is 40.2 Å². The van der Waals surface area contributed by atoms with E-state index in [4.69, 9.17) is 0 Å². The Morgan fingerprint density at radius 1 is 1.22 bits per heavy atom. The molecule has 5 nitrogen and oxygen atoms in total. The molecule has 0 fully saturated rings. The van der Waals surface area contributed by atoms with Gasteiger partial charge < -0.3 is 9.88 Å². The molecule has 4 rings (SSSR count). The number of hydrogen-bond donors (Lipinski definition) is 1. The highest BCUT2D eigenvalue weighted by Gasteiger charge is 2.40. The molecular weight excluding hydrogens is 432 g/mol. The molecule has 2 heterocycles. The summed E-state index contributed by atoms with van der Waals surface area (Å²) in [6, 6.07) is 9.60. The number of hydrogen-bond acceptors (Lipinski definition) is 3. The summed E-state index contributed by atoms with van der Waals surface area (Å²) in [4.78, 5) is 27.9. The molecule has 1 aromatic heterocycles. The van der Waals surface area contributed by atoms with Crippen LogP contribution in [0.15, 0.2) is 47.5 Å². The number of aromatic nitrogens is 1. The van der Waals surface area contributed by atoms with Gasteiger partial charge in [0.1, 0.15) is 17.7 Å². The molecule has 0 bridgehead atoms. The van der Waals surface area contributed by atoms with Crippen LogP contribution >= 0.6 is 11.8 Å². The molecule has 32 heavy (non-hydrogen) atoms. The van der Waals surface area contributed by atoms with Crippen LogP contribution in [0, 0.1) is 17.6 Å². The van der Waals surface area contributed by atoms with Gasteiger partial charge in [0.15, 0.2) is 0 Å². The summed E-state index contributed by atoms with van der Waals surface area (Å²) in [6.07, 6.45) is 0.772. The zero-order valence-electron chi connectivity index (χ0n) is 18.2. The van der Waals surface area contributed by atoms with Crippen LogP contribution in [0.4, 0.5) is 14.5 Å². The molecule has 2 aromatic carbocycles. The van der Waals surface area contributed by atoms with E-state index in [0.29, 0.717) is 18.0 Å². The Balaban J connectivity index is 1.91. The maximum Gasteiger partial charge on any atom is 0.247 e. The third-order valence-electron chi connectivity index (χ3n) is 5.66. The Hall–Kier alpha value is -2.87. The first kappa shape index (κ1) is 22.3. The molecule has 0 unspecified atom stereocenters. The second-order valence-corrected chi connectivity index (χ2v) is 9.28. The smallest absolute Gasteiger partial charge is 0.247 e. The quantitative estimate of drug-likeness (QED) is 0.599. The summed E-state index contributed by atoms with van der Waals surface area (Å²) < 4.78 is 30.4. The van der Waals surface area contributed by atoms with E-state index in [1.807, 2.05) is 35.9 Å². The third-order valence-corrected chi connectivity index (χ3v) is 6.82. The van der Waals surface area contributed by atoms with Gasteiger partial charge in [0.05, 0.1) is 16.5 Å². The van der Waals surface area contributed by atoms with Crippen LogP contribution in [0.5, 0.6) is 0 Å². The zero-order chi connectivity index (χ0) is 23.0. The Kier molecular flexibility index (Phi) is 6.24. The zero-order valence-corrected chi connectivity index (χ0v) is 19.0. The van der Waals surface area contributed by atoms with E-state index in [0.717, 1.165) is 34.5 Å². The second kappa shape index (κ2) is 8.94. The summed E-state index contributed by atoms with van der Waals surface area (Å²) in [6.45, 7) is 4.55. The fourth-order valence-electron chi connectivity index (χ4n) is 4.09. The number of carbonyl (C=O) groups excluding carboxylic acids is 2. The lowest BCUT2D eigenvalue weighted by Crippen LogP contribution is -2.44. The number of fused-ring (bicyclic) bond motifs is 3. The van der Waals surface area contributed by atoms with Crippen molar-refractivity contribution in [2.45, 2.75) is 31.3 Å². The van der Waals surface area contributed by atoms with E-state index in [1.54, 1.807) is 0 Å². The minimum absolute atomic E-state index is 0.0315. The highest BCUT2D eigenvalue weighted by Crippen LogP contribution is 2.43. The summed E-state index contributed by atoms with van der Waals surface area (Å²) in [7, 11) is 1.89. The van der Waals surface area contributed by atoms with Crippen LogP contribution in [0.3, 0.4) is 0 Å². The Morgan fingerprint density at radius 3 is 2.69 bits per heavy atom. The highest BCUT2D eigenvalue weighted by atomic mass is 32.2. The average molecular weight is 458 g/mol. The van der Waals surface area contributed by atoms with Crippen LogP contribution in [0.25, 0.3) is 10.9 Å². The Labute approximate surface area is 189 Å². The molecular formula is C24H25F2N3O2S. The molecule has 8 heteroatoms. The standard InChI is InChI=1S/C24H25F2N3O2S/c1-14(2)10-11-27-23(31)22-21-16-6-4-5-7-18(16)28(3)24(21)32-13-20(30)29(22)19-9-8-15(25)12-17(19)26/h4-9,12,14,22H,10-11,13H2,1-3H3,(H,27,31)/t22-/m1/s1. The number of rotatable bonds is 5. The lowest BCUT2D eigenvalue weighted by molar-refractivity contribution is -0.125. The Bertz CT molecular complexity index is 1190. The maximum atomic E-state index is 14.9. The van der Waals surface area contributed by atoms with E-state index in [-0.39, 0.29) is 17.3 Å². The number of carbonyl (C=O) groups is 2. The molecule has 1 aliphatic heterocycles. The number of thioether (sulfide) groups is 1. The van der Waals surface area contributed by atoms with Gasteiger partial charge in [-0.3, -0.25) is 14.5 Å². The van der Waals surface area contributed by atoms with Gasteiger partial charge >= 0.3 is 0 Å². The lowest BCUT2D eigenvalue weighted by Gasteiger charge is -2.30. The normalized spacial score (nSPS) is 16.4. The highest BCUT2D eigenvalue weighted by molar-refractivity contribution is 8.00. The molecule has 168 valence electrons. The van der Waals surface area contributed by atoms with Gasteiger partial charge in [-0.2, -0.15) is 0 Å². The van der Waals surface area contributed by atoms with Gasteiger partial charge in [-0.05, 0) is 30.5 Å². The largest absolute Gasteiger partial charge is 0.354 e. The van der Waals surface area contributed by atoms with Crippen molar-refractivity contribution in [1.29, 1.82) is 0 Å². The molecule has 0 radical (unpaired) electrons. The topological polar surface area (TPSA) is 54.3 Å². The van der Waals surface area contributed by atoms with E-state index >= 15 is 0 Å². The van der Waals surface area contributed by atoms with Gasteiger partial charge in [-0.15, -0.1) is 0 Å². The molecule has 0 spiro atoms. The predicted molar refractivity (Wildman–Crippen MR) is 123 cm³/mol. The molecule has 1 atom stereocenters. The average Bonchev–Trinajstić information content (AvgIpc) is 2.92. The van der Waals surface area contributed by atoms with Crippen molar-refractivity contribution in [3.63, 3.8) is 0 Å². The molecule has 3 aromatic rings. The van der Waals surface area contributed by atoms with Crippen molar-refractivity contribution in [2.24, 2.45) is 13.0 Å². The third kappa shape index (κ3) is 3.99. The van der Waals surface area contributed by atoms with Crippen molar-refractivity contribution in [3.8, 4) is 0 Å². The first-order valence-corrected chi connectivity index (χ1v) is 11.5. The summed E-state index contributed by atoms with van der Waals surface area (Å²) in [5.74, 6) is -2.00. The van der Waals surface area contributed by atoms with Crippen LogP contribution in [0.2, 0.25) is 0 Å². The van der Waals surface area contributed by atoms with Gasteiger partial charge in [-0.1, -0.05) is 43.8 Å². The van der Waals surface area contributed by atoms with Crippen LogP contribution in [-0.2, 0) is 16.6 Å². The van der Waals surface area contributed by atoms with Gasteiger partial charge in [0, 0.05) is 36.1 Å². The first-order valence-electron chi connectivity index (χ1n) is 10.5. The molecule has 2 amide bonds. The van der Waals surface area contributed by atoms with Crippen molar-refractivity contribution in [2.75, 3.05) is 17.2 Å². The summed E-state index contributed by atoms with van der Waals surface area (Å²) in [5, 5.41) is 4.54. The number of para-hydroxylation sites is 1. The Morgan fingerprint density at radius 2 is 1.97 bits per heavy atom. The van der Waals surface area contributed by atoms with E-state index in [9.17, 15) is 18.4 Å². The van der Waals surface area contributed by atoms with Crippen LogP contribution < -0.4 is 10.2 Å². The van der Waals surface area contributed by atoms with E-state index in [2.05, 4.69) is 19.2 Å². The summed E-state index contributed by atoms with van der Waals surface area (Å²) in [5.41, 5.74) is 1.46. The molecule has 0 saturated carbocycles. The minimum atomic E-state index is -1.08. The number of aryl methyl sites for hydroxylation is 1. The van der Waals surface area contributed by atoms with Gasteiger partial charge in [-0.25, -0.2) is 8.78 Å². The van der Waals surface area contributed by atoms with E-state index < -0.39 is 23.6 Å². The van der Waals surface area contributed by atoms with Crippen LogP contribution in [0.1, 0.15) is 31.9 Å². The fraction of sp³-hybridized carbons (Fsp3) is 0.333. The SMILES string of the molecule is CC(C)CCNC(=O)[C@H]1c2c(n(C)c3ccccc23)SCC(=O)N1c1ccc(F)cc1F. The monoisotopic (exact) mass is 457 g/mol. The van der Waals surface area contributed by atoms with Gasteiger partial charge in [0.2, 0.25) is 11.8 Å². The molecule has 0 saturated heterocycles. The first-order chi connectivity index (χ1) is 15.3. The van der Waals surface area contributed by atoms with Crippen LogP contribution in [-0.4, -0.2) is 28.7 Å². The predicted octanol–water partition coefficient (Wildman–Crippen LogP) is 4.80. The number of nitrogens with zero attached hydrogens (tertiary/aromatic N) is 2. The van der Waals surface area contributed by atoms with Crippen molar-refractivity contribution < 1.29 is 18.4 Å². The number of benzene rings is 2. The molecule has 1 aliphatic rings. The number of amides is 2. The number of anilines is 1. The second-order valence-electron chi connectivity index (χ2n) is 8.32. The molecule has 0 aliphatic carbocycles. The maximum absolute atomic E-state index is 14.9. The van der Waals surface area contributed by atoms with Gasteiger partial charge in [0.25, 0.3) is 0 Å². The van der Waals surface area contributed by atoms with Crippen molar-refractivity contribution in [1.82, 2.24) is 9.88 Å². The fourth-order valence-corrected chi connectivity index (χ4v) is 5.16. The number of halogens is 2. The summed E-state index contributed by atoms with van der Waals surface area (Å²) >= 11 is 1.32. The lowest BCUT2D eigenvalue weighted by atomic mass is 10.0. The molecule has 1 N–H and O–H groups in total. The number of nitrogens with one attached hydrogen (secondary N) is 1. The van der Waals surface area contributed by atoms with Crippen molar-refractivity contribution in [3.05, 3.63) is 59.7 Å².